The quantitative estimate of drug-likeness (QED) is 0.454. The van der Waals surface area contributed by atoms with Crippen molar-refractivity contribution in [3.63, 3.8) is 0 Å². The highest BCUT2D eigenvalue weighted by atomic mass is 35.5. The Morgan fingerprint density at radius 2 is 2.17 bits per heavy atom. The number of aryl methyl sites for hydroxylation is 1. The summed E-state index contributed by atoms with van der Waals surface area (Å²) in [6.07, 6.45) is 8.37. The number of anilines is 1. The maximum absolute atomic E-state index is 6.02. The van der Waals surface area contributed by atoms with Gasteiger partial charge in [-0.2, -0.15) is 5.10 Å². The molecule has 1 aliphatic rings. The zero-order chi connectivity index (χ0) is 21.3. The van der Waals surface area contributed by atoms with E-state index in [1.165, 1.54) is 5.56 Å². The molecule has 1 unspecified atom stereocenters. The third kappa shape index (κ3) is 6.08. The SMILES string of the molecule is C=CC.Cn1cc(-c2cnc3c(c2)NCC(CNCCc2cccc(Cl)c2)O3)cn1. The Morgan fingerprint density at radius 1 is 1.33 bits per heavy atom. The van der Waals surface area contributed by atoms with Crippen LogP contribution in [0.1, 0.15) is 12.5 Å². The highest BCUT2D eigenvalue weighted by Crippen LogP contribution is 2.30. The van der Waals surface area contributed by atoms with Gasteiger partial charge in [0.1, 0.15) is 6.10 Å². The molecule has 1 aliphatic heterocycles. The van der Waals surface area contributed by atoms with Gasteiger partial charge in [0, 0.05) is 42.1 Å². The van der Waals surface area contributed by atoms with Crippen molar-refractivity contribution in [1.82, 2.24) is 20.1 Å². The van der Waals surface area contributed by atoms with Crippen molar-refractivity contribution < 1.29 is 4.74 Å². The van der Waals surface area contributed by atoms with Crippen molar-refractivity contribution in [3.05, 3.63) is 72.2 Å². The maximum Gasteiger partial charge on any atom is 0.237 e. The van der Waals surface area contributed by atoms with Crippen molar-refractivity contribution >= 4 is 17.3 Å². The summed E-state index contributed by atoms with van der Waals surface area (Å²) in [6, 6.07) is 10.0. The molecule has 1 atom stereocenters. The van der Waals surface area contributed by atoms with Crippen molar-refractivity contribution in [3.8, 4) is 17.0 Å². The molecule has 0 spiro atoms. The first-order valence-electron chi connectivity index (χ1n) is 10.0. The Morgan fingerprint density at radius 3 is 2.90 bits per heavy atom. The number of aromatic nitrogens is 3. The van der Waals surface area contributed by atoms with Crippen molar-refractivity contribution in [2.45, 2.75) is 19.4 Å². The number of ether oxygens (including phenoxy) is 1. The highest BCUT2D eigenvalue weighted by molar-refractivity contribution is 6.30. The van der Waals surface area contributed by atoms with Crippen LogP contribution in [0.25, 0.3) is 11.1 Å². The molecule has 1 aromatic carbocycles. The molecule has 3 heterocycles. The zero-order valence-corrected chi connectivity index (χ0v) is 18.2. The van der Waals surface area contributed by atoms with E-state index in [1.54, 1.807) is 10.8 Å². The monoisotopic (exact) mass is 425 g/mol. The second-order valence-corrected chi connectivity index (χ2v) is 7.53. The van der Waals surface area contributed by atoms with Gasteiger partial charge >= 0.3 is 0 Å². The molecule has 6 nitrogen and oxygen atoms in total. The minimum absolute atomic E-state index is 0.0496. The molecule has 2 N–H and O–H groups in total. The Bertz CT molecular complexity index is 972. The van der Waals surface area contributed by atoms with Gasteiger partial charge in [-0.3, -0.25) is 4.68 Å². The summed E-state index contributed by atoms with van der Waals surface area (Å²) in [6.45, 7) is 7.63. The van der Waals surface area contributed by atoms with Gasteiger partial charge < -0.3 is 15.4 Å². The minimum atomic E-state index is 0.0496. The van der Waals surface area contributed by atoms with Gasteiger partial charge in [0.05, 0.1) is 18.4 Å². The standard InChI is InChI=1S/C20H22ClN5O.C3H6/c1-26-13-16(10-25-26)15-8-19-20(24-9-15)27-18(12-23-19)11-22-6-5-14-3-2-4-17(21)7-14;1-3-2/h2-4,7-10,13,18,22-23H,5-6,11-12H2,1H3;3H,1H2,2H3. The third-order valence-electron chi connectivity index (χ3n) is 4.54. The number of hydrogen-bond donors (Lipinski definition) is 2. The van der Waals surface area contributed by atoms with Crippen LogP contribution in [-0.4, -0.2) is 40.5 Å². The molecule has 0 aliphatic carbocycles. The molecular formula is C23H28ClN5O. The third-order valence-corrected chi connectivity index (χ3v) is 4.77. The lowest BCUT2D eigenvalue weighted by Crippen LogP contribution is -2.40. The number of halogens is 1. The molecule has 158 valence electrons. The fraction of sp³-hybridized carbons (Fsp3) is 0.304. The van der Waals surface area contributed by atoms with E-state index in [1.807, 2.05) is 50.8 Å². The van der Waals surface area contributed by atoms with E-state index in [4.69, 9.17) is 16.3 Å². The molecule has 0 saturated heterocycles. The fourth-order valence-corrected chi connectivity index (χ4v) is 3.34. The van der Waals surface area contributed by atoms with E-state index in [0.29, 0.717) is 5.88 Å². The van der Waals surface area contributed by atoms with E-state index in [9.17, 15) is 0 Å². The molecule has 0 radical (unpaired) electrons. The Kier molecular flexibility index (Phi) is 7.88. The van der Waals surface area contributed by atoms with E-state index in [0.717, 1.165) is 47.9 Å². The average molecular weight is 426 g/mol. The van der Waals surface area contributed by atoms with Gasteiger partial charge in [-0.05, 0) is 43.7 Å². The van der Waals surface area contributed by atoms with Crippen LogP contribution in [0, 0.1) is 0 Å². The number of hydrogen-bond acceptors (Lipinski definition) is 5. The van der Waals surface area contributed by atoms with Gasteiger partial charge in [-0.15, -0.1) is 6.58 Å². The fourth-order valence-electron chi connectivity index (χ4n) is 3.13. The zero-order valence-electron chi connectivity index (χ0n) is 17.4. The second-order valence-electron chi connectivity index (χ2n) is 7.09. The molecular weight excluding hydrogens is 398 g/mol. The van der Waals surface area contributed by atoms with Gasteiger partial charge in [-0.25, -0.2) is 4.98 Å². The first-order valence-corrected chi connectivity index (χ1v) is 10.4. The Balaban J connectivity index is 0.000000806. The molecule has 4 rings (SSSR count). The summed E-state index contributed by atoms with van der Waals surface area (Å²) >= 11 is 6.02. The van der Waals surface area contributed by atoms with Gasteiger partial charge in [0.2, 0.25) is 5.88 Å². The molecule has 0 amide bonds. The predicted octanol–water partition coefficient (Wildman–Crippen LogP) is 4.33. The molecule has 0 saturated carbocycles. The lowest BCUT2D eigenvalue weighted by Gasteiger charge is -2.27. The largest absolute Gasteiger partial charge is 0.470 e. The van der Waals surface area contributed by atoms with Crippen LogP contribution in [0.4, 0.5) is 5.69 Å². The molecule has 0 bridgehead atoms. The van der Waals surface area contributed by atoms with E-state index < -0.39 is 0 Å². The van der Waals surface area contributed by atoms with Crippen LogP contribution in [0.2, 0.25) is 5.02 Å². The second kappa shape index (κ2) is 10.8. The van der Waals surface area contributed by atoms with Gasteiger partial charge in [-0.1, -0.05) is 29.8 Å². The summed E-state index contributed by atoms with van der Waals surface area (Å²) in [5, 5.41) is 11.9. The van der Waals surface area contributed by atoms with Crippen LogP contribution >= 0.6 is 11.6 Å². The number of rotatable bonds is 6. The Labute approximate surface area is 182 Å². The summed E-state index contributed by atoms with van der Waals surface area (Å²) in [5.41, 5.74) is 4.22. The van der Waals surface area contributed by atoms with E-state index in [-0.39, 0.29) is 6.10 Å². The number of fused-ring (bicyclic) bond motifs is 1. The van der Waals surface area contributed by atoms with Crippen molar-refractivity contribution in [2.75, 3.05) is 25.0 Å². The van der Waals surface area contributed by atoms with Gasteiger partial charge in [0.15, 0.2) is 0 Å². The maximum atomic E-state index is 6.02. The minimum Gasteiger partial charge on any atom is -0.470 e. The predicted molar refractivity (Wildman–Crippen MR) is 123 cm³/mol. The average Bonchev–Trinajstić information content (AvgIpc) is 3.18. The molecule has 2 aromatic heterocycles. The number of allylic oxidation sites excluding steroid dienone is 1. The molecule has 7 heteroatoms. The lowest BCUT2D eigenvalue weighted by molar-refractivity contribution is 0.194. The summed E-state index contributed by atoms with van der Waals surface area (Å²) in [5.74, 6) is 0.649. The number of nitrogens with one attached hydrogen (secondary N) is 2. The van der Waals surface area contributed by atoms with E-state index in [2.05, 4.69) is 39.4 Å². The first kappa shape index (κ1) is 21.9. The number of nitrogens with zero attached hydrogens (tertiary/aromatic N) is 3. The molecule has 0 fully saturated rings. The summed E-state index contributed by atoms with van der Waals surface area (Å²) < 4.78 is 7.80. The van der Waals surface area contributed by atoms with Gasteiger partial charge in [0.25, 0.3) is 0 Å². The first-order chi connectivity index (χ1) is 14.6. The highest BCUT2D eigenvalue weighted by Gasteiger charge is 2.20. The Hall–Kier alpha value is -2.83. The summed E-state index contributed by atoms with van der Waals surface area (Å²) in [4.78, 5) is 4.48. The van der Waals surface area contributed by atoms with E-state index >= 15 is 0 Å². The smallest absolute Gasteiger partial charge is 0.237 e. The van der Waals surface area contributed by atoms with Crippen LogP contribution in [0.15, 0.2) is 61.6 Å². The topological polar surface area (TPSA) is 64.0 Å². The van der Waals surface area contributed by atoms with Crippen LogP contribution in [0.5, 0.6) is 5.88 Å². The normalized spacial score (nSPS) is 14.6. The molecule has 3 aromatic rings. The lowest BCUT2D eigenvalue weighted by atomic mass is 10.1. The van der Waals surface area contributed by atoms with Crippen LogP contribution in [-0.2, 0) is 13.5 Å². The van der Waals surface area contributed by atoms with Crippen molar-refractivity contribution in [1.29, 1.82) is 0 Å². The van der Waals surface area contributed by atoms with Crippen LogP contribution < -0.4 is 15.4 Å². The number of benzene rings is 1. The number of pyridine rings is 1. The molecule has 30 heavy (non-hydrogen) atoms. The van der Waals surface area contributed by atoms with Crippen LogP contribution in [0.3, 0.4) is 0 Å². The van der Waals surface area contributed by atoms with Crippen molar-refractivity contribution in [2.24, 2.45) is 7.05 Å². The summed E-state index contributed by atoms with van der Waals surface area (Å²) in [7, 11) is 1.90.